The standard InChI is InChI=1S/C23H27NO2/c1-3-5-6-11-22(23(25)26-4-2)21-10-8-7-9-20(21)19-14-12-18(13-15-19)16-17-24/h7-10,12-15,22H,3-6,11,16H2,1-2H3. The van der Waals surface area contributed by atoms with Gasteiger partial charge >= 0.3 is 5.97 Å². The molecule has 0 bridgehead atoms. The first-order chi connectivity index (χ1) is 12.7. The van der Waals surface area contributed by atoms with Gasteiger partial charge in [-0.2, -0.15) is 5.26 Å². The summed E-state index contributed by atoms with van der Waals surface area (Å²) in [6.07, 6.45) is 4.45. The third-order valence-electron chi connectivity index (χ3n) is 4.55. The summed E-state index contributed by atoms with van der Waals surface area (Å²) in [7, 11) is 0. The van der Waals surface area contributed by atoms with Crippen molar-refractivity contribution in [2.75, 3.05) is 6.61 Å². The Morgan fingerprint density at radius 2 is 1.81 bits per heavy atom. The van der Waals surface area contributed by atoms with Crippen molar-refractivity contribution in [2.24, 2.45) is 0 Å². The number of hydrogen-bond acceptors (Lipinski definition) is 3. The van der Waals surface area contributed by atoms with E-state index in [9.17, 15) is 4.79 Å². The maximum absolute atomic E-state index is 12.6. The fourth-order valence-electron chi connectivity index (χ4n) is 3.20. The Kier molecular flexibility index (Phi) is 7.89. The molecular weight excluding hydrogens is 322 g/mol. The summed E-state index contributed by atoms with van der Waals surface area (Å²) in [4.78, 5) is 12.6. The van der Waals surface area contributed by atoms with Crippen LogP contribution in [-0.4, -0.2) is 12.6 Å². The second-order valence-corrected chi connectivity index (χ2v) is 6.42. The molecule has 1 atom stereocenters. The predicted octanol–water partition coefficient (Wildman–Crippen LogP) is 5.65. The summed E-state index contributed by atoms with van der Waals surface area (Å²) < 4.78 is 5.36. The maximum atomic E-state index is 12.6. The van der Waals surface area contributed by atoms with Crippen molar-refractivity contribution in [3.05, 3.63) is 59.7 Å². The average molecular weight is 349 g/mol. The highest BCUT2D eigenvalue weighted by atomic mass is 16.5. The Morgan fingerprint density at radius 1 is 1.08 bits per heavy atom. The maximum Gasteiger partial charge on any atom is 0.313 e. The van der Waals surface area contributed by atoms with Crippen LogP contribution in [0.1, 0.15) is 56.6 Å². The van der Waals surface area contributed by atoms with Crippen LogP contribution >= 0.6 is 0 Å². The molecule has 0 N–H and O–H groups in total. The number of carbonyl (C=O) groups excluding carboxylic acids is 1. The largest absolute Gasteiger partial charge is 0.466 e. The first-order valence-electron chi connectivity index (χ1n) is 9.43. The molecule has 136 valence electrons. The van der Waals surface area contributed by atoms with Crippen molar-refractivity contribution < 1.29 is 9.53 Å². The molecule has 0 amide bonds. The van der Waals surface area contributed by atoms with Gasteiger partial charge in [0.1, 0.15) is 0 Å². The zero-order valence-corrected chi connectivity index (χ0v) is 15.7. The van der Waals surface area contributed by atoms with Gasteiger partial charge in [-0.25, -0.2) is 0 Å². The lowest BCUT2D eigenvalue weighted by Crippen LogP contribution is -2.17. The number of nitrogens with zero attached hydrogens (tertiary/aromatic N) is 1. The van der Waals surface area contributed by atoms with E-state index in [2.05, 4.69) is 19.1 Å². The van der Waals surface area contributed by atoms with Gasteiger partial charge in [-0.15, -0.1) is 0 Å². The van der Waals surface area contributed by atoms with Crippen LogP contribution < -0.4 is 0 Å². The zero-order chi connectivity index (χ0) is 18.8. The molecule has 3 nitrogen and oxygen atoms in total. The van der Waals surface area contributed by atoms with E-state index in [1.807, 2.05) is 49.4 Å². The number of ether oxygens (including phenoxy) is 1. The second-order valence-electron chi connectivity index (χ2n) is 6.42. The molecule has 0 heterocycles. The summed E-state index contributed by atoms with van der Waals surface area (Å²) in [6, 6.07) is 18.2. The normalized spacial score (nSPS) is 11.6. The Balaban J connectivity index is 2.36. The van der Waals surface area contributed by atoms with Crippen LogP contribution in [0.3, 0.4) is 0 Å². The highest BCUT2D eigenvalue weighted by Crippen LogP contribution is 2.33. The molecule has 26 heavy (non-hydrogen) atoms. The van der Waals surface area contributed by atoms with E-state index in [1.54, 1.807) is 0 Å². The van der Waals surface area contributed by atoms with E-state index in [4.69, 9.17) is 10.00 Å². The van der Waals surface area contributed by atoms with Crippen LogP contribution in [0.5, 0.6) is 0 Å². The van der Waals surface area contributed by atoms with Crippen LogP contribution in [0.4, 0.5) is 0 Å². The second kappa shape index (κ2) is 10.4. The Morgan fingerprint density at radius 3 is 2.46 bits per heavy atom. The fraction of sp³-hybridized carbons (Fsp3) is 0.391. The lowest BCUT2D eigenvalue weighted by atomic mass is 9.87. The molecule has 0 saturated heterocycles. The van der Waals surface area contributed by atoms with Crippen molar-refractivity contribution >= 4 is 5.97 Å². The van der Waals surface area contributed by atoms with E-state index in [1.165, 1.54) is 0 Å². The number of benzene rings is 2. The molecule has 0 aliphatic heterocycles. The molecule has 0 aromatic heterocycles. The molecule has 0 spiro atoms. The minimum absolute atomic E-state index is 0.142. The number of unbranched alkanes of at least 4 members (excludes halogenated alkanes) is 2. The summed E-state index contributed by atoms with van der Waals surface area (Å²) in [6.45, 7) is 4.41. The lowest BCUT2D eigenvalue weighted by Gasteiger charge is -2.19. The first-order valence-corrected chi connectivity index (χ1v) is 9.43. The van der Waals surface area contributed by atoms with Crippen molar-refractivity contribution in [3.8, 4) is 17.2 Å². The molecule has 0 saturated carbocycles. The molecule has 3 heteroatoms. The lowest BCUT2D eigenvalue weighted by molar-refractivity contribution is -0.145. The van der Waals surface area contributed by atoms with Gasteiger partial charge in [0.15, 0.2) is 0 Å². The van der Waals surface area contributed by atoms with Crippen molar-refractivity contribution in [1.82, 2.24) is 0 Å². The fourth-order valence-corrected chi connectivity index (χ4v) is 3.20. The third kappa shape index (κ3) is 5.20. The SMILES string of the molecule is CCCCCC(C(=O)OCC)c1ccccc1-c1ccc(CC#N)cc1. The molecule has 0 radical (unpaired) electrons. The number of rotatable bonds is 9. The summed E-state index contributed by atoms with van der Waals surface area (Å²) in [5, 5.41) is 8.84. The molecule has 1 unspecified atom stereocenters. The van der Waals surface area contributed by atoms with Gasteiger partial charge in [0.25, 0.3) is 0 Å². The monoisotopic (exact) mass is 349 g/mol. The van der Waals surface area contributed by atoms with Gasteiger partial charge in [-0.1, -0.05) is 74.7 Å². The van der Waals surface area contributed by atoms with E-state index < -0.39 is 0 Å². The highest BCUT2D eigenvalue weighted by molar-refractivity contribution is 5.82. The Bertz CT molecular complexity index is 744. The molecule has 2 rings (SSSR count). The van der Waals surface area contributed by atoms with Gasteiger partial charge in [0.2, 0.25) is 0 Å². The number of nitriles is 1. The smallest absolute Gasteiger partial charge is 0.313 e. The zero-order valence-electron chi connectivity index (χ0n) is 15.7. The molecule has 0 aliphatic rings. The van der Waals surface area contributed by atoms with E-state index in [-0.39, 0.29) is 11.9 Å². The predicted molar refractivity (Wildman–Crippen MR) is 105 cm³/mol. The van der Waals surface area contributed by atoms with E-state index >= 15 is 0 Å². The van der Waals surface area contributed by atoms with Crippen LogP contribution in [0.2, 0.25) is 0 Å². The van der Waals surface area contributed by atoms with Crippen LogP contribution in [-0.2, 0) is 16.0 Å². The quantitative estimate of drug-likeness (QED) is 0.434. The van der Waals surface area contributed by atoms with Gasteiger partial charge in [0.05, 0.1) is 25.0 Å². The van der Waals surface area contributed by atoms with Crippen LogP contribution in [0.25, 0.3) is 11.1 Å². The van der Waals surface area contributed by atoms with E-state index in [0.29, 0.717) is 13.0 Å². The van der Waals surface area contributed by atoms with Crippen LogP contribution in [0, 0.1) is 11.3 Å². The van der Waals surface area contributed by atoms with Crippen molar-refractivity contribution in [2.45, 2.75) is 51.9 Å². The Labute approximate surface area is 156 Å². The van der Waals surface area contributed by atoms with Crippen molar-refractivity contribution in [3.63, 3.8) is 0 Å². The van der Waals surface area contributed by atoms with Gasteiger partial charge < -0.3 is 4.74 Å². The van der Waals surface area contributed by atoms with Gasteiger partial charge in [-0.05, 0) is 35.6 Å². The summed E-state index contributed by atoms with van der Waals surface area (Å²) in [5.41, 5.74) is 4.14. The number of hydrogen-bond donors (Lipinski definition) is 0. The highest BCUT2D eigenvalue weighted by Gasteiger charge is 2.24. The van der Waals surface area contributed by atoms with E-state index in [0.717, 1.165) is 47.9 Å². The van der Waals surface area contributed by atoms with Gasteiger partial charge in [-0.3, -0.25) is 4.79 Å². The molecular formula is C23H27NO2. The first kappa shape index (κ1) is 19.7. The minimum Gasteiger partial charge on any atom is -0.466 e. The topological polar surface area (TPSA) is 50.1 Å². The third-order valence-corrected chi connectivity index (χ3v) is 4.55. The number of esters is 1. The molecule has 0 fully saturated rings. The minimum atomic E-state index is -0.239. The Hall–Kier alpha value is -2.60. The molecule has 2 aromatic carbocycles. The molecule has 0 aliphatic carbocycles. The van der Waals surface area contributed by atoms with Gasteiger partial charge in [0, 0.05) is 0 Å². The van der Waals surface area contributed by atoms with Crippen LogP contribution in [0.15, 0.2) is 48.5 Å². The molecule has 2 aromatic rings. The number of carbonyl (C=O) groups is 1. The average Bonchev–Trinajstić information content (AvgIpc) is 2.66. The van der Waals surface area contributed by atoms with Crippen molar-refractivity contribution in [1.29, 1.82) is 5.26 Å². The summed E-state index contributed by atoms with van der Waals surface area (Å²) >= 11 is 0. The summed E-state index contributed by atoms with van der Waals surface area (Å²) in [5.74, 6) is -0.381.